The molecule has 1 aromatic carbocycles. The molecule has 4 heteroatoms. The molecule has 0 aliphatic heterocycles. The molecule has 1 atom stereocenters. The Bertz CT molecular complexity index is 670. The first-order valence-electron chi connectivity index (χ1n) is 10.6. The standard InChI is InChI=1S/C24H33NO3/c1-3-5-6-7-8-9-13-18-27-21-16-17-22(25-19-21)24(26)28-23(4-2)20-14-11-10-12-15-20/h10-12,14-17,19,23H,3-9,13,18H2,1-2H3. The molecule has 152 valence electrons. The van der Waals surface area contributed by atoms with E-state index in [0.717, 1.165) is 18.4 Å². The van der Waals surface area contributed by atoms with Crippen molar-refractivity contribution in [3.63, 3.8) is 0 Å². The number of carbonyl (C=O) groups excluding carboxylic acids is 1. The number of aromatic nitrogens is 1. The van der Waals surface area contributed by atoms with Gasteiger partial charge in [-0.3, -0.25) is 0 Å². The number of nitrogens with zero attached hydrogens (tertiary/aromatic N) is 1. The van der Waals surface area contributed by atoms with Crippen molar-refractivity contribution < 1.29 is 14.3 Å². The average Bonchev–Trinajstić information content (AvgIpc) is 2.74. The molecule has 2 aromatic rings. The molecule has 1 aromatic heterocycles. The minimum Gasteiger partial charge on any atom is -0.492 e. The molecule has 28 heavy (non-hydrogen) atoms. The number of benzene rings is 1. The summed E-state index contributed by atoms with van der Waals surface area (Å²) in [6, 6.07) is 13.2. The Kier molecular flexibility index (Phi) is 10.1. The first kappa shape index (κ1) is 21.9. The Morgan fingerprint density at radius 3 is 2.29 bits per heavy atom. The number of hydrogen-bond acceptors (Lipinski definition) is 4. The van der Waals surface area contributed by atoms with E-state index in [1.807, 2.05) is 37.3 Å². The van der Waals surface area contributed by atoms with Crippen molar-refractivity contribution in [3.8, 4) is 5.75 Å². The predicted molar refractivity (Wildman–Crippen MR) is 113 cm³/mol. The average molecular weight is 384 g/mol. The topological polar surface area (TPSA) is 48.4 Å². The van der Waals surface area contributed by atoms with E-state index in [1.54, 1.807) is 18.3 Å². The zero-order chi connectivity index (χ0) is 20.0. The molecule has 0 aliphatic carbocycles. The molecule has 0 spiro atoms. The van der Waals surface area contributed by atoms with Gasteiger partial charge in [0.05, 0.1) is 12.8 Å². The molecule has 1 unspecified atom stereocenters. The number of ether oxygens (including phenoxy) is 2. The van der Waals surface area contributed by atoms with Crippen molar-refractivity contribution in [1.82, 2.24) is 4.98 Å². The maximum Gasteiger partial charge on any atom is 0.357 e. The Morgan fingerprint density at radius 1 is 0.929 bits per heavy atom. The zero-order valence-electron chi connectivity index (χ0n) is 17.2. The van der Waals surface area contributed by atoms with Crippen LogP contribution in [0.1, 0.15) is 87.4 Å². The molecule has 4 nitrogen and oxygen atoms in total. The minimum atomic E-state index is -0.408. The summed E-state index contributed by atoms with van der Waals surface area (Å²) in [7, 11) is 0. The van der Waals surface area contributed by atoms with E-state index in [0.29, 0.717) is 18.1 Å². The lowest BCUT2D eigenvalue weighted by Gasteiger charge is -2.16. The van der Waals surface area contributed by atoms with Crippen LogP contribution < -0.4 is 4.74 Å². The Labute approximate surface area is 169 Å². The minimum absolute atomic E-state index is 0.260. The van der Waals surface area contributed by atoms with Gasteiger partial charge < -0.3 is 9.47 Å². The fourth-order valence-corrected chi connectivity index (χ4v) is 3.08. The van der Waals surface area contributed by atoms with Gasteiger partial charge in [-0.1, -0.05) is 82.7 Å². The molecule has 2 rings (SSSR count). The predicted octanol–water partition coefficient (Wildman–Crippen LogP) is 6.52. The van der Waals surface area contributed by atoms with Crippen molar-refractivity contribution in [1.29, 1.82) is 0 Å². The zero-order valence-corrected chi connectivity index (χ0v) is 17.2. The second kappa shape index (κ2) is 12.9. The van der Waals surface area contributed by atoms with Gasteiger partial charge in [0.2, 0.25) is 0 Å². The van der Waals surface area contributed by atoms with Crippen molar-refractivity contribution in [2.75, 3.05) is 6.61 Å². The van der Waals surface area contributed by atoms with Gasteiger partial charge in [0.15, 0.2) is 0 Å². The third kappa shape index (κ3) is 7.71. The molecule has 0 N–H and O–H groups in total. The van der Waals surface area contributed by atoms with Crippen molar-refractivity contribution in [2.45, 2.75) is 71.3 Å². The maximum atomic E-state index is 12.4. The summed E-state index contributed by atoms with van der Waals surface area (Å²) in [5.74, 6) is 0.284. The first-order valence-corrected chi connectivity index (χ1v) is 10.6. The lowest BCUT2D eigenvalue weighted by atomic mass is 10.1. The summed E-state index contributed by atoms with van der Waals surface area (Å²) < 4.78 is 11.3. The second-order valence-corrected chi connectivity index (χ2v) is 7.06. The third-order valence-corrected chi connectivity index (χ3v) is 4.75. The second-order valence-electron chi connectivity index (χ2n) is 7.06. The number of hydrogen-bond donors (Lipinski definition) is 0. The molecule has 0 saturated carbocycles. The van der Waals surface area contributed by atoms with Gasteiger partial charge in [0.1, 0.15) is 17.5 Å². The number of pyridine rings is 1. The summed E-state index contributed by atoms with van der Waals surface area (Å²) in [6.07, 6.45) is 10.8. The summed E-state index contributed by atoms with van der Waals surface area (Å²) in [5.41, 5.74) is 1.30. The summed E-state index contributed by atoms with van der Waals surface area (Å²) in [4.78, 5) is 16.6. The van der Waals surface area contributed by atoms with E-state index < -0.39 is 5.97 Å². The highest BCUT2D eigenvalue weighted by atomic mass is 16.5. The highest BCUT2D eigenvalue weighted by molar-refractivity contribution is 5.87. The molecule has 0 radical (unpaired) electrons. The van der Waals surface area contributed by atoms with Crippen molar-refractivity contribution >= 4 is 5.97 Å². The highest BCUT2D eigenvalue weighted by Crippen LogP contribution is 2.22. The fourth-order valence-electron chi connectivity index (χ4n) is 3.08. The van der Waals surface area contributed by atoms with Crippen LogP contribution in [0.25, 0.3) is 0 Å². The number of esters is 1. The largest absolute Gasteiger partial charge is 0.492 e. The number of unbranched alkanes of at least 4 members (excludes halogenated alkanes) is 6. The van der Waals surface area contributed by atoms with Gasteiger partial charge in [0.25, 0.3) is 0 Å². The van der Waals surface area contributed by atoms with Crippen LogP contribution >= 0.6 is 0 Å². The van der Waals surface area contributed by atoms with E-state index in [9.17, 15) is 4.79 Å². The molecular weight excluding hydrogens is 350 g/mol. The van der Waals surface area contributed by atoms with Crippen LogP contribution in [-0.4, -0.2) is 17.6 Å². The summed E-state index contributed by atoms with van der Waals surface area (Å²) in [6.45, 7) is 4.92. The van der Waals surface area contributed by atoms with Gasteiger partial charge in [-0.15, -0.1) is 0 Å². The van der Waals surface area contributed by atoms with E-state index in [2.05, 4.69) is 11.9 Å². The van der Waals surface area contributed by atoms with Crippen LogP contribution in [-0.2, 0) is 4.74 Å². The normalized spacial score (nSPS) is 11.8. The van der Waals surface area contributed by atoms with Crippen LogP contribution in [0.4, 0.5) is 0 Å². The van der Waals surface area contributed by atoms with Crippen LogP contribution in [0.5, 0.6) is 5.75 Å². The maximum absolute atomic E-state index is 12.4. The molecule has 0 fully saturated rings. The third-order valence-electron chi connectivity index (χ3n) is 4.75. The fraction of sp³-hybridized carbons (Fsp3) is 0.500. The van der Waals surface area contributed by atoms with Gasteiger partial charge in [-0.2, -0.15) is 0 Å². The van der Waals surface area contributed by atoms with E-state index in [4.69, 9.17) is 9.47 Å². The smallest absolute Gasteiger partial charge is 0.357 e. The van der Waals surface area contributed by atoms with Crippen molar-refractivity contribution in [2.24, 2.45) is 0 Å². The monoisotopic (exact) mass is 383 g/mol. The lowest BCUT2D eigenvalue weighted by Crippen LogP contribution is -2.12. The Balaban J connectivity index is 1.73. The summed E-state index contributed by atoms with van der Waals surface area (Å²) in [5, 5.41) is 0. The lowest BCUT2D eigenvalue weighted by molar-refractivity contribution is 0.0281. The van der Waals surface area contributed by atoms with Crippen LogP contribution in [0.3, 0.4) is 0 Å². The highest BCUT2D eigenvalue weighted by Gasteiger charge is 2.17. The van der Waals surface area contributed by atoms with Crippen LogP contribution in [0.15, 0.2) is 48.7 Å². The molecular formula is C24H33NO3. The molecule has 0 saturated heterocycles. The molecule has 0 amide bonds. The van der Waals surface area contributed by atoms with E-state index in [1.165, 1.54) is 38.5 Å². The Morgan fingerprint density at radius 2 is 1.64 bits per heavy atom. The van der Waals surface area contributed by atoms with E-state index >= 15 is 0 Å². The Hall–Kier alpha value is -2.36. The summed E-state index contributed by atoms with van der Waals surface area (Å²) >= 11 is 0. The quantitative estimate of drug-likeness (QED) is 0.292. The SMILES string of the molecule is CCCCCCCCCOc1ccc(C(=O)OC(CC)c2ccccc2)nc1. The number of rotatable bonds is 13. The molecule has 0 aliphatic rings. The van der Waals surface area contributed by atoms with Crippen LogP contribution in [0, 0.1) is 0 Å². The molecule has 1 heterocycles. The van der Waals surface area contributed by atoms with Gasteiger partial charge in [-0.05, 0) is 30.5 Å². The van der Waals surface area contributed by atoms with E-state index in [-0.39, 0.29) is 6.10 Å². The first-order chi connectivity index (χ1) is 13.7. The molecule has 0 bridgehead atoms. The van der Waals surface area contributed by atoms with Crippen LogP contribution in [0.2, 0.25) is 0 Å². The van der Waals surface area contributed by atoms with Gasteiger partial charge in [-0.25, -0.2) is 9.78 Å². The van der Waals surface area contributed by atoms with Gasteiger partial charge in [0, 0.05) is 0 Å². The van der Waals surface area contributed by atoms with Gasteiger partial charge >= 0.3 is 5.97 Å². The van der Waals surface area contributed by atoms with Crippen molar-refractivity contribution in [3.05, 3.63) is 59.9 Å². The number of carbonyl (C=O) groups is 1.